The molecule has 0 aliphatic heterocycles. The minimum Gasteiger partial charge on any atom is -0.299 e. The van der Waals surface area contributed by atoms with E-state index < -0.39 is 0 Å². The van der Waals surface area contributed by atoms with E-state index in [9.17, 15) is 4.79 Å². The van der Waals surface area contributed by atoms with Gasteiger partial charge in [0.15, 0.2) is 0 Å². The highest BCUT2D eigenvalue weighted by atomic mass is 35.5. The molecule has 0 aliphatic rings. The molecular formula is C11H11Cl3O. The number of ketones is 1. The van der Waals surface area contributed by atoms with Crippen molar-refractivity contribution in [3.63, 3.8) is 0 Å². The fourth-order valence-electron chi connectivity index (χ4n) is 1.23. The first-order valence-electron chi connectivity index (χ1n) is 4.65. The van der Waals surface area contributed by atoms with Crippen molar-refractivity contribution in [1.29, 1.82) is 0 Å². The summed E-state index contributed by atoms with van der Waals surface area (Å²) in [5.74, 6) is 0.667. The van der Waals surface area contributed by atoms with Gasteiger partial charge in [0, 0.05) is 28.8 Å². The maximum absolute atomic E-state index is 11.5. The monoisotopic (exact) mass is 264 g/mol. The molecule has 1 aromatic carbocycles. The van der Waals surface area contributed by atoms with Crippen LogP contribution in [-0.2, 0) is 11.2 Å². The summed E-state index contributed by atoms with van der Waals surface area (Å²) in [7, 11) is 0. The topological polar surface area (TPSA) is 17.1 Å². The molecule has 0 spiro atoms. The van der Waals surface area contributed by atoms with Crippen LogP contribution < -0.4 is 0 Å². The molecule has 0 radical (unpaired) electrons. The first kappa shape index (κ1) is 12.8. The third kappa shape index (κ3) is 4.42. The highest BCUT2D eigenvalue weighted by molar-refractivity contribution is 6.35. The summed E-state index contributed by atoms with van der Waals surface area (Å²) in [4.78, 5) is 11.5. The van der Waals surface area contributed by atoms with Gasteiger partial charge in [-0.2, -0.15) is 0 Å². The second-order valence-corrected chi connectivity index (χ2v) is 4.47. The van der Waals surface area contributed by atoms with Crippen molar-refractivity contribution in [1.82, 2.24) is 0 Å². The number of alkyl halides is 1. The van der Waals surface area contributed by atoms with Gasteiger partial charge in [0.2, 0.25) is 0 Å². The number of halogens is 3. The van der Waals surface area contributed by atoms with Crippen molar-refractivity contribution in [2.45, 2.75) is 19.3 Å². The largest absolute Gasteiger partial charge is 0.299 e. The van der Waals surface area contributed by atoms with Crippen molar-refractivity contribution in [3.8, 4) is 0 Å². The molecule has 0 heterocycles. The van der Waals surface area contributed by atoms with Crippen molar-refractivity contribution < 1.29 is 4.79 Å². The lowest BCUT2D eigenvalue weighted by molar-refractivity contribution is -0.118. The lowest BCUT2D eigenvalue weighted by Crippen LogP contribution is -2.03. The highest BCUT2D eigenvalue weighted by Crippen LogP contribution is 2.21. The van der Waals surface area contributed by atoms with Crippen LogP contribution in [-0.4, -0.2) is 11.7 Å². The molecule has 0 aromatic heterocycles. The quantitative estimate of drug-likeness (QED) is 0.732. The zero-order valence-electron chi connectivity index (χ0n) is 8.10. The van der Waals surface area contributed by atoms with Gasteiger partial charge in [-0.3, -0.25) is 4.79 Å². The molecule has 0 N–H and O–H groups in total. The molecule has 1 aromatic rings. The molecule has 0 fully saturated rings. The smallest absolute Gasteiger partial charge is 0.137 e. The fraction of sp³-hybridized carbons (Fsp3) is 0.364. The predicted octanol–water partition coefficient (Wildman–Crippen LogP) is 4.12. The molecule has 4 heteroatoms. The lowest BCUT2D eigenvalue weighted by Gasteiger charge is -2.03. The second kappa shape index (κ2) is 6.37. The molecule has 1 nitrogen and oxygen atoms in total. The Hall–Kier alpha value is -0.240. The second-order valence-electron chi connectivity index (χ2n) is 3.24. The van der Waals surface area contributed by atoms with Crippen molar-refractivity contribution in [2.24, 2.45) is 0 Å². The maximum atomic E-state index is 11.5. The van der Waals surface area contributed by atoms with Crippen molar-refractivity contribution in [2.75, 3.05) is 5.88 Å². The zero-order chi connectivity index (χ0) is 11.3. The number of rotatable bonds is 5. The van der Waals surface area contributed by atoms with Crippen LogP contribution in [0.4, 0.5) is 0 Å². The summed E-state index contributed by atoms with van der Waals surface area (Å²) >= 11 is 17.2. The highest BCUT2D eigenvalue weighted by Gasteiger charge is 2.07. The molecule has 0 saturated carbocycles. The third-order valence-electron chi connectivity index (χ3n) is 1.99. The Bertz CT molecular complexity index is 350. The standard InChI is InChI=1S/C11H11Cl3O/c12-5-1-2-10(15)6-8-3-4-9(13)7-11(8)14/h3-4,7H,1-2,5-6H2. The van der Waals surface area contributed by atoms with Gasteiger partial charge in [-0.25, -0.2) is 0 Å². The molecule has 0 amide bonds. The van der Waals surface area contributed by atoms with Crippen molar-refractivity contribution in [3.05, 3.63) is 33.8 Å². The van der Waals surface area contributed by atoms with E-state index in [4.69, 9.17) is 34.8 Å². The van der Waals surface area contributed by atoms with Crippen LogP contribution in [0.1, 0.15) is 18.4 Å². The number of carbonyl (C=O) groups is 1. The molecule has 1 rings (SSSR count). The summed E-state index contributed by atoms with van der Waals surface area (Å²) in [6, 6.07) is 5.16. The van der Waals surface area contributed by atoms with Gasteiger partial charge in [0.25, 0.3) is 0 Å². The molecule has 0 atom stereocenters. The number of hydrogen-bond donors (Lipinski definition) is 0. The Balaban J connectivity index is 2.60. The Morgan fingerprint density at radius 3 is 2.60 bits per heavy atom. The van der Waals surface area contributed by atoms with E-state index in [1.54, 1.807) is 18.2 Å². The van der Waals surface area contributed by atoms with Crippen LogP contribution in [0.15, 0.2) is 18.2 Å². The van der Waals surface area contributed by atoms with Crippen LogP contribution in [0.5, 0.6) is 0 Å². The predicted molar refractivity (Wildman–Crippen MR) is 65.1 cm³/mol. The van der Waals surface area contributed by atoms with Gasteiger partial charge >= 0.3 is 0 Å². The normalized spacial score (nSPS) is 10.3. The number of carbonyl (C=O) groups excluding carboxylic acids is 1. The van der Waals surface area contributed by atoms with Gasteiger partial charge < -0.3 is 0 Å². The Morgan fingerprint density at radius 2 is 2.00 bits per heavy atom. The minimum absolute atomic E-state index is 0.153. The summed E-state index contributed by atoms with van der Waals surface area (Å²) < 4.78 is 0. The van der Waals surface area contributed by atoms with Gasteiger partial charge in [-0.05, 0) is 24.1 Å². The summed E-state index contributed by atoms with van der Waals surface area (Å²) in [6.07, 6.45) is 1.57. The summed E-state index contributed by atoms with van der Waals surface area (Å²) in [5, 5.41) is 1.12. The number of hydrogen-bond acceptors (Lipinski definition) is 1. The van der Waals surface area contributed by atoms with E-state index in [0.29, 0.717) is 35.2 Å². The number of benzene rings is 1. The lowest BCUT2D eigenvalue weighted by atomic mass is 10.1. The molecule has 0 unspecified atom stereocenters. The minimum atomic E-state index is 0.153. The van der Waals surface area contributed by atoms with Crippen LogP contribution in [0.25, 0.3) is 0 Å². The van der Waals surface area contributed by atoms with Gasteiger partial charge in [0.1, 0.15) is 5.78 Å². The summed E-state index contributed by atoms with van der Waals surface area (Å²) in [6.45, 7) is 0. The Labute approximate surface area is 104 Å². The van der Waals surface area contributed by atoms with E-state index in [1.807, 2.05) is 0 Å². The summed E-state index contributed by atoms with van der Waals surface area (Å²) in [5.41, 5.74) is 0.820. The molecule has 0 bridgehead atoms. The van der Waals surface area contributed by atoms with Crippen LogP contribution in [0.3, 0.4) is 0 Å². The SMILES string of the molecule is O=C(CCCCl)Cc1ccc(Cl)cc1Cl. The molecule has 0 saturated heterocycles. The van der Waals surface area contributed by atoms with E-state index in [2.05, 4.69) is 0 Å². The van der Waals surface area contributed by atoms with E-state index in [-0.39, 0.29) is 5.78 Å². The third-order valence-corrected chi connectivity index (χ3v) is 2.85. The zero-order valence-corrected chi connectivity index (χ0v) is 10.4. The average molecular weight is 266 g/mol. The van der Waals surface area contributed by atoms with Gasteiger partial charge in [-0.15, -0.1) is 11.6 Å². The van der Waals surface area contributed by atoms with Crippen molar-refractivity contribution >= 4 is 40.6 Å². The molecule has 0 aliphatic carbocycles. The first-order chi connectivity index (χ1) is 7.13. The Kier molecular flexibility index (Phi) is 5.44. The average Bonchev–Trinajstić information content (AvgIpc) is 2.19. The molecular weight excluding hydrogens is 254 g/mol. The van der Waals surface area contributed by atoms with E-state index in [1.165, 1.54) is 0 Å². The van der Waals surface area contributed by atoms with Gasteiger partial charge in [-0.1, -0.05) is 29.3 Å². The first-order valence-corrected chi connectivity index (χ1v) is 5.94. The van der Waals surface area contributed by atoms with Crippen LogP contribution in [0, 0.1) is 0 Å². The van der Waals surface area contributed by atoms with E-state index >= 15 is 0 Å². The molecule has 15 heavy (non-hydrogen) atoms. The van der Waals surface area contributed by atoms with Crippen LogP contribution in [0.2, 0.25) is 10.0 Å². The van der Waals surface area contributed by atoms with E-state index in [0.717, 1.165) is 5.56 Å². The maximum Gasteiger partial charge on any atom is 0.137 e. The van der Waals surface area contributed by atoms with Gasteiger partial charge in [0.05, 0.1) is 0 Å². The Morgan fingerprint density at radius 1 is 1.27 bits per heavy atom. The number of Topliss-reactive ketones (excluding diaryl/α,β-unsaturated/α-hetero) is 1. The van der Waals surface area contributed by atoms with Crippen LogP contribution >= 0.6 is 34.8 Å². The molecule has 82 valence electrons. The fourth-order valence-corrected chi connectivity index (χ4v) is 1.84.